The van der Waals surface area contributed by atoms with Crippen molar-refractivity contribution in [1.82, 2.24) is 14.0 Å². The Balaban J connectivity index is 2.18. The summed E-state index contributed by atoms with van der Waals surface area (Å²) in [4.78, 5) is 17.9. The monoisotopic (exact) mass is 436 g/mol. The summed E-state index contributed by atoms with van der Waals surface area (Å²) in [6.07, 6.45) is 2.27. The largest absolute Gasteiger partial charge is 0.307 e. The molecule has 1 aromatic carbocycles. The zero-order chi connectivity index (χ0) is 22.5. The van der Waals surface area contributed by atoms with E-state index >= 15 is 0 Å². The Kier molecular flexibility index (Phi) is 5.05. The zero-order valence-corrected chi connectivity index (χ0v) is 18.7. The van der Waals surface area contributed by atoms with Crippen LogP contribution in [0.15, 0.2) is 63.2 Å². The number of sulfone groups is 1. The molecule has 0 saturated carbocycles. The number of rotatable bonds is 4. The zero-order valence-electron chi connectivity index (χ0n) is 17.9. The highest BCUT2D eigenvalue weighted by Crippen LogP contribution is 2.23. The molecular weight excluding hydrogens is 412 g/mol. The van der Waals surface area contributed by atoms with E-state index in [9.17, 15) is 13.2 Å². The third-order valence-electron chi connectivity index (χ3n) is 5.69. The molecule has 8 heteroatoms. The summed E-state index contributed by atoms with van der Waals surface area (Å²) in [5.74, 6) is 0. The molecule has 0 spiro atoms. The van der Waals surface area contributed by atoms with Gasteiger partial charge in [-0.2, -0.15) is 0 Å². The van der Waals surface area contributed by atoms with Crippen LogP contribution in [0.3, 0.4) is 0 Å². The van der Waals surface area contributed by atoms with E-state index in [4.69, 9.17) is 5.41 Å². The van der Waals surface area contributed by atoms with Gasteiger partial charge in [-0.1, -0.05) is 30.7 Å². The van der Waals surface area contributed by atoms with E-state index in [1.54, 1.807) is 29.0 Å². The first-order valence-electron chi connectivity index (χ1n) is 10.1. The molecule has 3 aromatic heterocycles. The van der Waals surface area contributed by atoms with Crippen molar-refractivity contribution in [3.63, 3.8) is 0 Å². The van der Waals surface area contributed by atoms with Crippen LogP contribution in [0, 0.1) is 19.3 Å². The van der Waals surface area contributed by atoms with Gasteiger partial charge in [-0.25, -0.2) is 13.4 Å². The molecule has 4 rings (SSSR count). The average Bonchev–Trinajstić information content (AvgIpc) is 2.74. The lowest BCUT2D eigenvalue weighted by molar-refractivity contribution is 0.508. The van der Waals surface area contributed by atoms with Gasteiger partial charge in [-0.3, -0.25) is 14.6 Å². The molecular formula is C23H24N4O3S. The van der Waals surface area contributed by atoms with E-state index in [2.05, 4.69) is 4.98 Å². The summed E-state index contributed by atoms with van der Waals surface area (Å²) in [6, 6.07) is 11.2. The van der Waals surface area contributed by atoms with Crippen LogP contribution in [-0.4, -0.2) is 22.4 Å². The van der Waals surface area contributed by atoms with Crippen molar-refractivity contribution >= 4 is 26.5 Å². The first-order chi connectivity index (χ1) is 14.7. The molecule has 3 heterocycles. The number of benzene rings is 1. The molecule has 4 aromatic rings. The molecule has 0 radical (unpaired) electrons. The summed E-state index contributed by atoms with van der Waals surface area (Å²) in [6.45, 7) is 7.57. The highest BCUT2D eigenvalue weighted by atomic mass is 32.2. The van der Waals surface area contributed by atoms with E-state index < -0.39 is 9.84 Å². The third-order valence-corrected chi connectivity index (χ3v) is 7.48. The van der Waals surface area contributed by atoms with Gasteiger partial charge in [0.2, 0.25) is 9.84 Å². The van der Waals surface area contributed by atoms with Gasteiger partial charge >= 0.3 is 0 Å². The smallest absolute Gasteiger partial charge is 0.267 e. The second-order valence-electron chi connectivity index (χ2n) is 7.84. The second kappa shape index (κ2) is 7.46. The fraction of sp³-hybridized carbons (Fsp3) is 0.261. The first kappa shape index (κ1) is 21.0. The number of nitrogens with zero attached hydrogens (tertiary/aromatic N) is 3. The lowest BCUT2D eigenvalue weighted by Crippen LogP contribution is -2.31. The SMILES string of the molecule is CC[C@H](C)n1c(=N)c(S(=O)(=O)c2ccc(C)cc2)cc2c(=O)n3cccc(C)c3nc21. The Morgan fingerprint density at radius 3 is 2.42 bits per heavy atom. The van der Waals surface area contributed by atoms with Crippen LogP contribution in [0.4, 0.5) is 0 Å². The normalized spacial score (nSPS) is 13.0. The van der Waals surface area contributed by atoms with E-state index in [1.165, 1.54) is 22.6 Å². The van der Waals surface area contributed by atoms with E-state index in [-0.39, 0.29) is 32.3 Å². The van der Waals surface area contributed by atoms with Crippen molar-refractivity contribution in [3.8, 4) is 0 Å². The van der Waals surface area contributed by atoms with Gasteiger partial charge in [-0.05, 0) is 57.0 Å². The molecule has 0 bridgehead atoms. The molecule has 1 atom stereocenters. The van der Waals surface area contributed by atoms with Crippen molar-refractivity contribution in [2.24, 2.45) is 0 Å². The number of aromatic nitrogens is 3. The molecule has 0 saturated heterocycles. The number of hydrogen-bond donors (Lipinski definition) is 1. The average molecular weight is 437 g/mol. The predicted octanol–water partition coefficient (Wildman–Crippen LogP) is 3.55. The molecule has 31 heavy (non-hydrogen) atoms. The molecule has 7 nitrogen and oxygen atoms in total. The van der Waals surface area contributed by atoms with Crippen molar-refractivity contribution in [2.75, 3.05) is 0 Å². The fourth-order valence-corrected chi connectivity index (χ4v) is 5.07. The highest BCUT2D eigenvalue weighted by Gasteiger charge is 2.25. The fourth-order valence-electron chi connectivity index (χ4n) is 3.70. The van der Waals surface area contributed by atoms with Crippen LogP contribution in [0.5, 0.6) is 0 Å². The van der Waals surface area contributed by atoms with E-state index in [0.29, 0.717) is 17.7 Å². The summed E-state index contributed by atoms with van der Waals surface area (Å²) in [7, 11) is -4.00. The van der Waals surface area contributed by atoms with Gasteiger partial charge in [0.25, 0.3) is 5.56 Å². The second-order valence-corrected chi connectivity index (χ2v) is 9.76. The third kappa shape index (κ3) is 3.27. The van der Waals surface area contributed by atoms with Crippen LogP contribution in [0.1, 0.15) is 37.4 Å². The molecule has 0 aliphatic heterocycles. The predicted molar refractivity (Wildman–Crippen MR) is 119 cm³/mol. The number of aryl methyl sites for hydroxylation is 2. The van der Waals surface area contributed by atoms with Crippen molar-refractivity contribution in [2.45, 2.75) is 49.9 Å². The molecule has 160 valence electrons. The maximum atomic E-state index is 13.4. The molecule has 0 fully saturated rings. The van der Waals surface area contributed by atoms with Gasteiger partial charge in [0.1, 0.15) is 21.7 Å². The standard InChI is InChI=1S/C23H24N4O3S/c1-5-16(4)27-20(24)19(31(29,30)17-10-8-14(2)9-11-17)13-18-22(27)25-21-15(3)7-6-12-26(21)23(18)28/h6-13,16,24H,5H2,1-4H3/t16-/m0/s1. The lowest BCUT2D eigenvalue weighted by atomic mass is 10.2. The van der Waals surface area contributed by atoms with Crippen LogP contribution in [0.2, 0.25) is 0 Å². The van der Waals surface area contributed by atoms with Gasteiger partial charge in [0, 0.05) is 12.2 Å². The summed E-state index contributed by atoms with van der Waals surface area (Å²) >= 11 is 0. The van der Waals surface area contributed by atoms with Gasteiger partial charge in [-0.15, -0.1) is 0 Å². The number of pyridine rings is 2. The quantitative estimate of drug-likeness (QED) is 0.495. The summed E-state index contributed by atoms with van der Waals surface area (Å²) in [5, 5.41) is 8.95. The summed E-state index contributed by atoms with van der Waals surface area (Å²) < 4.78 is 29.9. The van der Waals surface area contributed by atoms with Crippen LogP contribution in [0.25, 0.3) is 16.7 Å². The minimum absolute atomic E-state index is 0.0892. The number of fused-ring (bicyclic) bond motifs is 2. The Labute approximate surface area is 180 Å². The molecule has 0 aliphatic carbocycles. The van der Waals surface area contributed by atoms with Crippen LogP contribution < -0.4 is 11.0 Å². The van der Waals surface area contributed by atoms with Crippen molar-refractivity contribution in [1.29, 1.82) is 5.41 Å². The van der Waals surface area contributed by atoms with Crippen LogP contribution in [-0.2, 0) is 9.84 Å². The molecule has 0 aliphatic rings. The lowest BCUT2D eigenvalue weighted by Gasteiger charge is -2.19. The van der Waals surface area contributed by atoms with Gasteiger partial charge in [0.15, 0.2) is 0 Å². The number of hydrogen-bond acceptors (Lipinski definition) is 5. The van der Waals surface area contributed by atoms with Gasteiger partial charge < -0.3 is 4.57 Å². The van der Waals surface area contributed by atoms with Gasteiger partial charge in [0.05, 0.1) is 10.3 Å². The Morgan fingerprint density at radius 1 is 1.10 bits per heavy atom. The highest BCUT2D eigenvalue weighted by molar-refractivity contribution is 7.91. The number of nitrogens with one attached hydrogen (secondary N) is 1. The minimum Gasteiger partial charge on any atom is -0.307 e. The maximum Gasteiger partial charge on any atom is 0.267 e. The van der Waals surface area contributed by atoms with Crippen molar-refractivity contribution in [3.05, 3.63) is 75.6 Å². The van der Waals surface area contributed by atoms with E-state index in [1.807, 2.05) is 33.8 Å². The van der Waals surface area contributed by atoms with Crippen molar-refractivity contribution < 1.29 is 8.42 Å². The molecule has 0 amide bonds. The molecule has 1 N–H and O–H groups in total. The first-order valence-corrected chi connectivity index (χ1v) is 11.6. The summed E-state index contributed by atoms with van der Waals surface area (Å²) in [5.41, 5.74) is 2.03. The maximum absolute atomic E-state index is 13.4. The topological polar surface area (TPSA) is 97.3 Å². The minimum atomic E-state index is -4.00. The molecule has 0 unspecified atom stereocenters. The Bertz CT molecular complexity index is 1550. The Hall–Kier alpha value is -3.26. The van der Waals surface area contributed by atoms with Crippen LogP contribution >= 0.6 is 0 Å². The Morgan fingerprint density at radius 2 is 1.77 bits per heavy atom. The van der Waals surface area contributed by atoms with E-state index in [0.717, 1.165) is 11.1 Å².